The van der Waals surface area contributed by atoms with Gasteiger partial charge in [0.2, 0.25) is 0 Å². The van der Waals surface area contributed by atoms with Crippen LogP contribution < -0.4 is 0 Å². The van der Waals surface area contributed by atoms with Crippen molar-refractivity contribution >= 4 is 17.1 Å². The van der Waals surface area contributed by atoms with E-state index in [1.165, 1.54) is 12.1 Å². The minimum atomic E-state index is -0.860. The molecule has 3 aromatic rings. The Labute approximate surface area is 149 Å². The number of hydrogen-bond acceptors (Lipinski definition) is 4. The molecule has 0 spiro atoms. The molecule has 1 aromatic carbocycles. The smallest absolute Gasteiger partial charge is 0.129 e. The maximum absolute atomic E-state index is 13.7. The summed E-state index contributed by atoms with van der Waals surface area (Å²) in [6.45, 7) is 0.430. The number of benzene rings is 1. The molecule has 5 heteroatoms. The molecule has 1 N–H and O–H groups in total. The molecule has 0 saturated carbocycles. The first-order valence-electron chi connectivity index (χ1n) is 7.98. The molecule has 3 nitrogen and oxygen atoms in total. The highest BCUT2D eigenvalue weighted by Gasteiger charge is 2.35. The number of aromatic nitrogens is 1. The Morgan fingerprint density at radius 3 is 2.84 bits per heavy atom. The Morgan fingerprint density at radius 1 is 1.20 bits per heavy atom. The van der Waals surface area contributed by atoms with Crippen molar-refractivity contribution in [1.82, 2.24) is 4.98 Å². The molecule has 126 valence electrons. The number of pyridine rings is 1. The van der Waals surface area contributed by atoms with E-state index in [0.717, 1.165) is 10.5 Å². The third kappa shape index (κ3) is 3.08. The Kier molecular flexibility index (Phi) is 4.34. The Morgan fingerprint density at radius 2 is 2.12 bits per heavy atom. The molecule has 0 radical (unpaired) electrons. The summed E-state index contributed by atoms with van der Waals surface area (Å²) in [5, 5.41) is 13.0. The van der Waals surface area contributed by atoms with Crippen LogP contribution in [0.4, 0.5) is 4.39 Å². The number of aliphatic hydroxyl groups excluding tert-OH is 1. The van der Waals surface area contributed by atoms with Gasteiger partial charge in [0.1, 0.15) is 17.7 Å². The lowest BCUT2D eigenvalue weighted by molar-refractivity contribution is 0.209. The van der Waals surface area contributed by atoms with Crippen LogP contribution in [-0.2, 0) is 4.74 Å². The second kappa shape index (κ2) is 6.78. The standard InChI is InChI=1S/C20H16FNO2S/c21-15-6-1-4-13(10-15)20-18(19(23)14-5-2-8-22-11-14)16(12-24-20)17-7-3-9-25-17/h1-11,16,19,23H,12H2. The monoisotopic (exact) mass is 353 g/mol. The third-order valence-electron chi connectivity index (χ3n) is 4.30. The summed E-state index contributed by atoms with van der Waals surface area (Å²) >= 11 is 1.62. The van der Waals surface area contributed by atoms with Gasteiger partial charge in [-0.2, -0.15) is 0 Å². The summed E-state index contributed by atoms with van der Waals surface area (Å²) in [6.07, 6.45) is 2.45. The van der Waals surface area contributed by atoms with Gasteiger partial charge in [0.15, 0.2) is 0 Å². The second-order valence-corrected chi connectivity index (χ2v) is 6.84. The van der Waals surface area contributed by atoms with Crippen molar-refractivity contribution in [3.63, 3.8) is 0 Å². The van der Waals surface area contributed by atoms with Crippen LogP contribution in [0.25, 0.3) is 5.76 Å². The zero-order chi connectivity index (χ0) is 17.2. The molecule has 0 aliphatic carbocycles. The van der Waals surface area contributed by atoms with E-state index in [0.29, 0.717) is 23.5 Å². The number of aliphatic hydroxyl groups is 1. The van der Waals surface area contributed by atoms with E-state index in [2.05, 4.69) is 4.98 Å². The van der Waals surface area contributed by atoms with E-state index in [4.69, 9.17) is 4.74 Å². The Balaban J connectivity index is 1.84. The topological polar surface area (TPSA) is 42.4 Å². The Bertz CT molecular complexity index is 893. The first kappa shape index (κ1) is 16.0. The lowest BCUT2D eigenvalue weighted by Gasteiger charge is -2.18. The van der Waals surface area contributed by atoms with E-state index in [1.54, 1.807) is 41.9 Å². The number of rotatable bonds is 4. The predicted octanol–water partition coefficient (Wildman–Crippen LogP) is 4.54. The van der Waals surface area contributed by atoms with Crippen molar-refractivity contribution in [2.45, 2.75) is 12.0 Å². The number of halogens is 1. The minimum Gasteiger partial charge on any atom is -0.492 e. The van der Waals surface area contributed by atoms with Crippen LogP contribution in [0, 0.1) is 5.82 Å². The molecule has 0 amide bonds. The van der Waals surface area contributed by atoms with Crippen molar-refractivity contribution in [3.8, 4) is 0 Å². The van der Waals surface area contributed by atoms with Gasteiger partial charge in [-0.3, -0.25) is 4.98 Å². The number of ether oxygens (including phenoxy) is 1. The number of hydrogen-bond donors (Lipinski definition) is 1. The van der Waals surface area contributed by atoms with Crippen molar-refractivity contribution in [2.24, 2.45) is 0 Å². The minimum absolute atomic E-state index is 0.0616. The molecule has 0 saturated heterocycles. The number of thiophene rings is 1. The lowest BCUT2D eigenvalue weighted by Crippen LogP contribution is -2.09. The molecular formula is C20H16FNO2S. The van der Waals surface area contributed by atoms with Crippen LogP contribution in [0.2, 0.25) is 0 Å². The molecule has 25 heavy (non-hydrogen) atoms. The van der Waals surface area contributed by atoms with E-state index < -0.39 is 6.10 Å². The average Bonchev–Trinajstić information content (AvgIpc) is 3.31. The van der Waals surface area contributed by atoms with E-state index in [-0.39, 0.29) is 11.7 Å². The van der Waals surface area contributed by atoms with Gasteiger partial charge in [0.25, 0.3) is 0 Å². The fourth-order valence-electron chi connectivity index (χ4n) is 3.13. The summed E-state index contributed by atoms with van der Waals surface area (Å²) in [4.78, 5) is 5.21. The van der Waals surface area contributed by atoms with Gasteiger partial charge in [-0.05, 0) is 29.6 Å². The van der Waals surface area contributed by atoms with Crippen molar-refractivity contribution < 1.29 is 14.2 Å². The van der Waals surface area contributed by atoms with Crippen molar-refractivity contribution in [2.75, 3.05) is 6.61 Å². The molecule has 1 aliphatic rings. The van der Waals surface area contributed by atoms with Gasteiger partial charge >= 0.3 is 0 Å². The average molecular weight is 353 g/mol. The van der Waals surface area contributed by atoms with Crippen LogP contribution in [0.1, 0.15) is 28.0 Å². The van der Waals surface area contributed by atoms with Crippen LogP contribution in [0.5, 0.6) is 0 Å². The number of nitrogens with zero attached hydrogens (tertiary/aromatic N) is 1. The van der Waals surface area contributed by atoms with Gasteiger partial charge in [0.05, 0.1) is 12.5 Å². The fourth-order valence-corrected chi connectivity index (χ4v) is 3.97. The molecule has 1 aliphatic heterocycles. The van der Waals surface area contributed by atoms with Crippen LogP contribution in [0.15, 0.2) is 71.9 Å². The Hall–Kier alpha value is -2.50. The summed E-state index contributed by atoms with van der Waals surface area (Å²) < 4.78 is 19.6. The van der Waals surface area contributed by atoms with E-state index in [9.17, 15) is 9.50 Å². The van der Waals surface area contributed by atoms with E-state index in [1.807, 2.05) is 23.6 Å². The molecule has 4 rings (SSSR count). The van der Waals surface area contributed by atoms with Crippen LogP contribution in [0.3, 0.4) is 0 Å². The quantitative estimate of drug-likeness (QED) is 0.749. The van der Waals surface area contributed by atoms with Gasteiger partial charge in [-0.25, -0.2) is 4.39 Å². The van der Waals surface area contributed by atoms with Crippen LogP contribution in [-0.4, -0.2) is 16.7 Å². The molecule has 0 fully saturated rings. The molecule has 3 heterocycles. The maximum atomic E-state index is 13.7. The third-order valence-corrected chi connectivity index (χ3v) is 5.29. The summed E-state index contributed by atoms with van der Waals surface area (Å²) in [6, 6.07) is 13.9. The first-order valence-corrected chi connectivity index (χ1v) is 8.86. The molecule has 2 aromatic heterocycles. The zero-order valence-corrected chi connectivity index (χ0v) is 14.1. The largest absolute Gasteiger partial charge is 0.492 e. The van der Waals surface area contributed by atoms with Gasteiger partial charge in [-0.15, -0.1) is 11.3 Å². The van der Waals surface area contributed by atoms with Crippen molar-refractivity contribution in [3.05, 3.63) is 93.7 Å². The molecule has 2 atom stereocenters. The van der Waals surface area contributed by atoms with Gasteiger partial charge in [0, 0.05) is 34.0 Å². The predicted molar refractivity (Wildman–Crippen MR) is 95.5 cm³/mol. The normalized spacial score (nSPS) is 18.2. The van der Waals surface area contributed by atoms with Gasteiger partial charge in [-0.1, -0.05) is 24.3 Å². The lowest BCUT2D eigenvalue weighted by atomic mass is 9.89. The molecular weight excluding hydrogens is 337 g/mol. The first-order chi connectivity index (χ1) is 12.2. The zero-order valence-electron chi connectivity index (χ0n) is 13.3. The van der Waals surface area contributed by atoms with E-state index >= 15 is 0 Å². The highest BCUT2D eigenvalue weighted by Crippen LogP contribution is 2.45. The van der Waals surface area contributed by atoms with Crippen LogP contribution >= 0.6 is 11.3 Å². The van der Waals surface area contributed by atoms with Gasteiger partial charge < -0.3 is 9.84 Å². The highest BCUT2D eigenvalue weighted by molar-refractivity contribution is 7.10. The summed E-state index contributed by atoms with van der Waals surface area (Å²) in [5.41, 5.74) is 2.08. The fraction of sp³-hybridized carbons (Fsp3) is 0.150. The molecule has 0 bridgehead atoms. The molecule has 2 unspecified atom stereocenters. The summed E-state index contributed by atoms with van der Waals surface area (Å²) in [5.74, 6) is 0.158. The summed E-state index contributed by atoms with van der Waals surface area (Å²) in [7, 11) is 0. The highest BCUT2D eigenvalue weighted by atomic mass is 32.1. The second-order valence-electron chi connectivity index (χ2n) is 5.86. The van der Waals surface area contributed by atoms with Crippen molar-refractivity contribution in [1.29, 1.82) is 0 Å². The maximum Gasteiger partial charge on any atom is 0.129 e. The SMILES string of the molecule is OC(C1=C(c2cccc(F)c2)OCC1c1cccs1)c1cccnc1.